The molecule has 0 saturated carbocycles. The number of allylic oxidation sites excluding steroid dienone is 2. The fourth-order valence-corrected chi connectivity index (χ4v) is 1.82. The lowest BCUT2D eigenvalue weighted by Crippen LogP contribution is -2.36. The summed E-state index contributed by atoms with van der Waals surface area (Å²) >= 11 is 0. The highest BCUT2D eigenvalue weighted by molar-refractivity contribution is 5.77. The maximum Gasteiger partial charge on any atom is 0.490 e. The first-order chi connectivity index (χ1) is 10.4. The third-order valence-electron chi connectivity index (χ3n) is 3.05. The van der Waals surface area contributed by atoms with Crippen molar-refractivity contribution in [3.05, 3.63) is 12.2 Å². The number of esters is 2. The zero-order valence-corrected chi connectivity index (χ0v) is 14.2. The van der Waals surface area contributed by atoms with E-state index in [-0.39, 0.29) is 5.92 Å². The van der Waals surface area contributed by atoms with Crippen molar-refractivity contribution < 1.29 is 32.2 Å². The number of carbonyl (C=O) groups is 2. The van der Waals surface area contributed by atoms with Gasteiger partial charge in [0.1, 0.15) is 12.2 Å². The van der Waals surface area contributed by atoms with Crippen molar-refractivity contribution in [3.63, 3.8) is 0 Å². The van der Waals surface area contributed by atoms with Crippen LogP contribution in [0.25, 0.3) is 0 Å². The van der Waals surface area contributed by atoms with E-state index in [1.54, 1.807) is 27.7 Å². The monoisotopic (exact) mass is 338 g/mol. The van der Waals surface area contributed by atoms with Crippen LogP contribution in [0.5, 0.6) is 0 Å². The lowest BCUT2D eigenvalue weighted by Gasteiger charge is -2.27. The zero-order valence-electron chi connectivity index (χ0n) is 14.2. The minimum Gasteiger partial charge on any atom is -0.460 e. The molecule has 4 nitrogen and oxygen atoms in total. The highest BCUT2D eigenvalue weighted by atomic mass is 19.4. The van der Waals surface area contributed by atoms with Crippen LogP contribution in [0.3, 0.4) is 0 Å². The fraction of sp³-hybridized carbons (Fsp3) is 0.750. The number of halogens is 3. The van der Waals surface area contributed by atoms with Crippen molar-refractivity contribution in [1.29, 1.82) is 0 Å². The van der Waals surface area contributed by atoms with Gasteiger partial charge < -0.3 is 9.47 Å². The molecule has 0 spiro atoms. The summed E-state index contributed by atoms with van der Waals surface area (Å²) in [7, 11) is 0. The van der Waals surface area contributed by atoms with Gasteiger partial charge >= 0.3 is 18.1 Å². The van der Waals surface area contributed by atoms with Crippen LogP contribution < -0.4 is 0 Å². The summed E-state index contributed by atoms with van der Waals surface area (Å²) < 4.78 is 46.1. The van der Waals surface area contributed by atoms with Crippen LogP contribution >= 0.6 is 0 Å². The Hall–Kier alpha value is -1.53. The van der Waals surface area contributed by atoms with Crippen LogP contribution in [0.1, 0.15) is 47.5 Å². The van der Waals surface area contributed by atoms with Gasteiger partial charge in [0.2, 0.25) is 0 Å². The number of alkyl halides is 3. The van der Waals surface area contributed by atoms with Crippen LogP contribution in [0.2, 0.25) is 0 Å². The second kappa shape index (κ2) is 8.93. The van der Waals surface area contributed by atoms with Gasteiger partial charge in [0.25, 0.3) is 0 Å². The Labute approximate surface area is 135 Å². The van der Waals surface area contributed by atoms with Crippen LogP contribution in [-0.2, 0) is 19.1 Å². The van der Waals surface area contributed by atoms with Gasteiger partial charge in [-0.05, 0) is 46.5 Å². The molecule has 0 aromatic rings. The SMILES string of the molecule is CC=CCCC(C)C(COC(=O)C(F)(F)F)C(=O)OC(C)(C)C. The van der Waals surface area contributed by atoms with Gasteiger partial charge in [0.15, 0.2) is 0 Å². The summed E-state index contributed by atoms with van der Waals surface area (Å²) in [6.07, 6.45) is -0.0993. The van der Waals surface area contributed by atoms with Crippen molar-refractivity contribution in [2.45, 2.75) is 59.2 Å². The largest absolute Gasteiger partial charge is 0.490 e. The third-order valence-corrected chi connectivity index (χ3v) is 3.05. The standard InChI is InChI=1S/C16H25F3O4/c1-6-7-8-9-11(2)12(13(20)23-15(3,4)5)10-22-14(21)16(17,18)19/h6-7,11-12H,8-10H2,1-5H3. The van der Waals surface area contributed by atoms with Gasteiger partial charge in [0.05, 0.1) is 5.92 Å². The molecular formula is C16H25F3O4. The van der Waals surface area contributed by atoms with E-state index in [0.717, 1.165) is 0 Å². The van der Waals surface area contributed by atoms with Crippen molar-refractivity contribution >= 4 is 11.9 Å². The summed E-state index contributed by atoms with van der Waals surface area (Å²) in [6, 6.07) is 0. The van der Waals surface area contributed by atoms with Gasteiger partial charge in [-0.25, -0.2) is 4.79 Å². The number of rotatable bonds is 7. The molecule has 0 N–H and O–H groups in total. The summed E-state index contributed by atoms with van der Waals surface area (Å²) in [6.45, 7) is 7.90. The molecule has 0 aliphatic heterocycles. The molecule has 0 saturated heterocycles. The van der Waals surface area contributed by atoms with Crippen molar-refractivity contribution in [2.24, 2.45) is 11.8 Å². The molecule has 0 radical (unpaired) electrons. The summed E-state index contributed by atoms with van der Waals surface area (Å²) in [5, 5.41) is 0. The lowest BCUT2D eigenvalue weighted by molar-refractivity contribution is -0.202. The van der Waals surface area contributed by atoms with E-state index in [4.69, 9.17) is 4.74 Å². The second-order valence-corrected chi connectivity index (χ2v) is 6.36. The van der Waals surface area contributed by atoms with Gasteiger partial charge in [-0.3, -0.25) is 4.79 Å². The van der Waals surface area contributed by atoms with E-state index in [1.165, 1.54) is 0 Å². The van der Waals surface area contributed by atoms with E-state index >= 15 is 0 Å². The van der Waals surface area contributed by atoms with Gasteiger partial charge in [0, 0.05) is 0 Å². The minimum atomic E-state index is -5.08. The minimum absolute atomic E-state index is 0.290. The van der Waals surface area contributed by atoms with E-state index in [9.17, 15) is 22.8 Å². The van der Waals surface area contributed by atoms with E-state index in [0.29, 0.717) is 12.8 Å². The number of carbonyl (C=O) groups excluding carboxylic acids is 2. The maximum atomic E-state index is 12.2. The topological polar surface area (TPSA) is 52.6 Å². The summed E-state index contributed by atoms with van der Waals surface area (Å²) in [5.74, 6) is -4.19. The van der Waals surface area contributed by atoms with Crippen LogP contribution in [-0.4, -0.2) is 30.3 Å². The zero-order chi connectivity index (χ0) is 18.3. The number of hydrogen-bond donors (Lipinski definition) is 0. The normalized spacial score (nSPS) is 15.3. The fourth-order valence-electron chi connectivity index (χ4n) is 1.82. The molecule has 2 unspecified atom stereocenters. The Balaban J connectivity index is 4.92. The van der Waals surface area contributed by atoms with Crippen LogP contribution in [0.4, 0.5) is 13.2 Å². The molecule has 0 aromatic heterocycles. The Morgan fingerprint density at radius 1 is 1.17 bits per heavy atom. The molecule has 7 heteroatoms. The molecule has 2 atom stereocenters. The second-order valence-electron chi connectivity index (χ2n) is 6.36. The molecule has 0 bridgehead atoms. The van der Waals surface area contributed by atoms with Gasteiger partial charge in [-0.15, -0.1) is 0 Å². The molecule has 0 aromatic carbocycles. The first kappa shape index (κ1) is 21.5. The average Bonchev–Trinajstić information content (AvgIpc) is 2.35. The molecule has 0 heterocycles. The molecular weight excluding hydrogens is 313 g/mol. The molecule has 0 fully saturated rings. The average molecular weight is 338 g/mol. The lowest BCUT2D eigenvalue weighted by atomic mass is 9.90. The Morgan fingerprint density at radius 3 is 2.17 bits per heavy atom. The Morgan fingerprint density at radius 2 is 1.74 bits per heavy atom. The smallest absolute Gasteiger partial charge is 0.460 e. The van der Waals surface area contributed by atoms with Crippen LogP contribution in [0.15, 0.2) is 12.2 Å². The predicted molar refractivity (Wildman–Crippen MR) is 79.6 cm³/mol. The van der Waals surface area contributed by atoms with Gasteiger partial charge in [-0.2, -0.15) is 13.2 Å². The Bertz CT molecular complexity index is 422. The molecule has 0 rings (SSSR count). The first-order valence-electron chi connectivity index (χ1n) is 7.46. The van der Waals surface area contributed by atoms with Crippen molar-refractivity contribution in [1.82, 2.24) is 0 Å². The van der Waals surface area contributed by atoms with E-state index in [1.807, 2.05) is 19.1 Å². The molecule has 134 valence electrons. The number of hydrogen-bond acceptors (Lipinski definition) is 4. The molecule has 0 aliphatic carbocycles. The van der Waals surface area contributed by atoms with E-state index in [2.05, 4.69) is 4.74 Å². The first-order valence-corrected chi connectivity index (χ1v) is 7.46. The van der Waals surface area contributed by atoms with Crippen molar-refractivity contribution in [2.75, 3.05) is 6.61 Å². The molecule has 0 aliphatic rings. The predicted octanol–water partition coefficient (Wildman–Crippen LogP) is 4.04. The van der Waals surface area contributed by atoms with Crippen LogP contribution in [0, 0.1) is 11.8 Å². The summed E-state index contributed by atoms with van der Waals surface area (Å²) in [5.41, 5.74) is -0.771. The molecule has 0 amide bonds. The van der Waals surface area contributed by atoms with Gasteiger partial charge in [-0.1, -0.05) is 19.1 Å². The number of ether oxygens (including phenoxy) is 2. The summed E-state index contributed by atoms with van der Waals surface area (Å²) in [4.78, 5) is 23.0. The third kappa shape index (κ3) is 9.25. The quantitative estimate of drug-likeness (QED) is 0.519. The van der Waals surface area contributed by atoms with E-state index < -0.39 is 36.2 Å². The highest BCUT2D eigenvalue weighted by Gasteiger charge is 2.42. The van der Waals surface area contributed by atoms with Crippen molar-refractivity contribution in [3.8, 4) is 0 Å². The Kier molecular flexibility index (Phi) is 8.34. The highest BCUT2D eigenvalue weighted by Crippen LogP contribution is 2.24. The maximum absolute atomic E-state index is 12.2. The molecule has 23 heavy (non-hydrogen) atoms.